The van der Waals surface area contributed by atoms with Crippen molar-refractivity contribution < 1.29 is 23.9 Å². The number of rotatable bonds is 4. The summed E-state index contributed by atoms with van der Waals surface area (Å²) in [7, 11) is 2.53. The average molecular weight is 332 g/mol. The first-order chi connectivity index (χ1) is 11.3. The van der Waals surface area contributed by atoms with Crippen molar-refractivity contribution in [3.8, 4) is 0 Å². The van der Waals surface area contributed by atoms with Gasteiger partial charge >= 0.3 is 12.0 Å². The Bertz CT molecular complexity index is 661. The zero-order valence-corrected chi connectivity index (χ0v) is 14.1. The Hall–Kier alpha value is -2.70. The lowest BCUT2D eigenvalue weighted by atomic mass is 9.79. The molecule has 128 valence electrons. The fourth-order valence-corrected chi connectivity index (χ4v) is 2.76. The second-order valence-corrected chi connectivity index (χ2v) is 5.71. The molecule has 1 aromatic rings. The van der Waals surface area contributed by atoms with Gasteiger partial charge in [-0.15, -0.1) is 0 Å². The molecule has 1 atom stereocenters. The van der Waals surface area contributed by atoms with Gasteiger partial charge < -0.3 is 4.74 Å². The molecular weight excluding hydrogens is 312 g/mol. The highest BCUT2D eigenvalue weighted by atomic mass is 16.6. The number of urea groups is 1. The molecule has 0 saturated carbocycles. The Morgan fingerprint density at radius 1 is 1.08 bits per heavy atom. The summed E-state index contributed by atoms with van der Waals surface area (Å²) in [6.07, 6.45) is 0.00515. The number of hydrogen-bond donors (Lipinski definition) is 0. The summed E-state index contributed by atoms with van der Waals surface area (Å²) < 4.78 is 5.38. The monoisotopic (exact) mass is 332 g/mol. The SMILES string of the molecule is CCC(=O)OC1(C(C)c2ccccc2)C(=O)N(C)C(=O)N(C)C1=O. The summed E-state index contributed by atoms with van der Waals surface area (Å²) in [5.74, 6) is -3.12. The molecule has 1 fully saturated rings. The van der Waals surface area contributed by atoms with Crippen LogP contribution in [0.2, 0.25) is 0 Å². The van der Waals surface area contributed by atoms with Gasteiger partial charge in [0.25, 0.3) is 17.4 Å². The summed E-state index contributed by atoms with van der Waals surface area (Å²) >= 11 is 0. The van der Waals surface area contributed by atoms with E-state index in [1.165, 1.54) is 14.1 Å². The van der Waals surface area contributed by atoms with E-state index in [4.69, 9.17) is 4.74 Å². The lowest BCUT2D eigenvalue weighted by molar-refractivity contribution is -0.187. The van der Waals surface area contributed by atoms with Crippen LogP contribution in [0.4, 0.5) is 4.79 Å². The lowest BCUT2D eigenvalue weighted by Crippen LogP contribution is -2.70. The van der Waals surface area contributed by atoms with Gasteiger partial charge in [0.1, 0.15) is 0 Å². The third-order valence-electron chi connectivity index (χ3n) is 4.29. The van der Waals surface area contributed by atoms with E-state index in [0.29, 0.717) is 5.56 Å². The van der Waals surface area contributed by atoms with Crippen LogP contribution in [0.25, 0.3) is 0 Å². The van der Waals surface area contributed by atoms with Crippen LogP contribution >= 0.6 is 0 Å². The summed E-state index contributed by atoms with van der Waals surface area (Å²) in [6, 6.07) is 8.04. The molecular formula is C17H20N2O5. The maximum absolute atomic E-state index is 12.9. The smallest absolute Gasteiger partial charge is 0.333 e. The number of likely N-dealkylation sites (N-methyl/N-ethyl adjacent to an activating group) is 2. The zero-order chi connectivity index (χ0) is 18.1. The van der Waals surface area contributed by atoms with E-state index in [0.717, 1.165) is 9.80 Å². The number of carbonyl (C=O) groups excluding carboxylic acids is 4. The summed E-state index contributed by atoms with van der Waals surface area (Å²) in [5.41, 5.74) is -1.44. The van der Waals surface area contributed by atoms with E-state index < -0.39 is 35.3 Å². The molecule has 1 aliphatic rings. The first-order valence-corrected chi connectivity index (χ1v) is 7.64. The molecule has 1 aromatic carbocycles. The van der Waals surface area contributed by atoms with Crippen LogP contribution < -0.4 is 0 Å². The molecule has 1 unspecified atom stereocenters. The molecule has 0 aromatic heterocycles. The van der Waals surface area contributed by atoms with E-state index in [-0.39, 0.29) is 6.42 Å². The van der Waals surface area contributed by atoms with Crippen molar-refractivity contribution in [2.75, 3.05) is 14.1 Å². The highest BCUT2D eigenvalue weighted by Crippen LogP contribution is 2.37. The van der Waals surface area contributed by atoms with Gasteiger partial charge in [0.2, 0.25) is 0 Å². The first-order valence-electron chi connectivity index (χ1n) is 7.64. The number of amides is 4. The Balaban J connectivity index is 2.62. The van der Waals surface area contributed by atoms with Crippen molar-refractivity contribution in [1.29, 1.82) is 0 Å². The second kappa shape index (κ2) is 6.43. The van der Waals surface area contributed by atoms with Crippen LogP contribution in [-0.4, -0.2) is 53.3 Å². The van der Waals surface area contributed by atoms with Crippen molar-refractivity contribution >= 4 is 23.8 Å². The third-order valence-corrected chi connectivity index (χ3v) is 4.29. The number of benzene rings is 1. The van der Waals surface area contributed by atoms with Crippen LogP contribution in [0, 0.1) is 0 Å². The minimum atomic E-state index is -2.09. The quantitative estimate of drug-likeness (QED) is 0.617. The molecule has 0 aliphatic carbocycles. The number of esters is 1. The summed E-state index contributed by atoms with van der Waals surface area (Å²) in [5, 5.41) is 0. The highest BCUT2D eigenvalue weighted by molar-refractivity contribution is 6.22. The number of ether oxygens (including phenoxy) is 1. The van der Waals surface area contributed by atoms with E-state index in [2.05, 4.69) is 0 Å². The Morgan fingerprint density at radius 3 is 2.04 bits per heavy atom. The number of barbiturate groups is 1. The van der Waals surface area contributed by atoms with Crippen molar-refractivity contribution in [3.05, 3.63) is 35.9 Å². The van der Waals surface area contributed by atoms with Gasteiger partial charge in [0.05, 0.1) is 0 Å². The van der Waals surface area contributed by atoms with Gasteiger partial charge in [0.15, 0.2) is 0 Å². The van der Waals surface area contributed by atoms with Crippen LogP contribution in [0.5, 0.6) is 0 Å². The van der Waals surface area contributed by atoms with Crippen molar-refractivity contribution in [3.63, 3.8) is 0 Å². The molecule has 0 spiro atoms. The van der Waals surface area contributed by atoms with Gasteiger partial charge in [-0.25, -0.2) is 4.79 Å². The molecule has 24 heavy (non-hydrogen) atoms. The zero-order valence-electron chi connectivity index (χ0n) is 14.1. The largest absolute Gasteiger partial charge is 0.438 e. The van der Waals surface area contributed by atoms with Gasteiger partial charge in [-0.05, 0) is 5.56 Å². The van der Waals surface area contributed by atoms with E-state index in [1.54, 1.807) is 44.2 Å². The molecule has 4 amide bonds. The number of imide groups is 2. The molecule has 1 saturated heterocycles. The number of nitrogens with zero attached hydrogens (tertiary/aromatic N) is 2. The molecule has 1 heterocycles. The van der Waals surface area contributed by atoms with Crippen LogP contribution in [0.15, 0.2) is 30.3 Å². The van der Waals surface area contributed by atoms with Gasteiger partial charge in [-0.2, -0.15) is 0 Å². The molecule has 2 rings (SSSR count). The summed E-state index contributed by atoms with van der Waals surface area (Å²) in [4.78, 5) is 51.3. The highest BCUT2D eigenvalue weighted by Gasteiger charge is 2.62. The fourth-order valence-electron chi connectivity index (χ4n) is 2.76. The molecule has 7 heteroatoms. The van der Waals surface area contributed by atoms with Gasteiger partial charge in [-0.1, -0.05) is 44.2 Å². The normalized spacial score (nSPS) is 18.6. The standard InChI is InChI=1S/C17H20N2O5/c1-5-13(20)24-17(11(2)12-9-7-6-8-10-12)14(21)18(3)16(23)19(4)15(17)22/h6-11H,5H2,1-4H3. The van der Waals surface area contributed by atoms with Crippen molar-refractivity contribution in [2.45, 2.75) is 31.8 Å². The van der Waals surface area contributed by atoms with Crippen molar-refractivity contribution in [2.24, 2.45) is 0 Å². The third kappa shape index (κ3) is 2.55. The van der Waals surface area contributed by atoms with Crippen LogP contribution in [0.1, 0.15) is 31.7 Å². The number of carbonyl (C=O) groups is 4. The van der Waals surface area contributed by atoms with Crippen molar-refractivity contribution in [1.82, 2.24) is 9.80 Å². The molecule has 0 bridgehead atoms. The topological polar surface area (TPSA) is 84.0 Å². The molecule has 1 aliphatic heterocycles. The lowest BCUT2D eigenvalue weighted by Gasteiger charge is -2.43. The minimum Gasteiger partial charge on any atom is -0.438 e. The first kappa shape index (κ1) is 17.7. The summed E-state index contributed by atoms with van der Waals surface area (Å²) in [6.45, 7) is 3.20. The fraction of sp³-hybridized carbons (Fsp3) is 0.412. The maximum Gasteiger partial charge on any atom is 0.333 e. The predicted octanol–water partition coefficient (Wildman–Crippen LogP) is 1.53. The van der Waals surface area contributed by atoms with Crippen LogP contribution in [-0.2, 0) is 19.1 Å². The van der Waals surface area contributed by atoms with E-state index in [9.17, 15) is 19.2 Å². The minimum absolute atomic E-state index is 0.00515. The van der Waals surface area contributed by atoms with E-state index >= 15 is 0 Å². The Labute approximate surface area is 140 Å². The van der Waals surface area contributed by atoms with Crippen LogP contribution in [0.3, 0.4) is 0 Å². The number of hydrogen-bond acceptors (Lipinski definition) is 5. The van der Waals surface area contributed by atoms with E-state index in [1.807, 2.05) is 0 Å². The second-order valence-electron chi connectivity index (χ2n) is 5.71. The maximum atomic E-state index is 12.9. The predicted molar refractivity (Wildman–Crippen MR) is 84.9 cm³/mol. The average Bonchev–Trinajstić information content (AvgIpc) is 2.62. The van der Waals surface area contributed by atoms with Gasteiger partial charge in [0, 0.05) is 26.4 Å². The Kier molecular flexibility index (Phi) is 4.73. The molecule has 7 nitrogen and oxygen atoms in total. The molecule has 0 radical (unpaired) electrons. The molecule has 0 N–H and O–H groups in total. The van der Waals surface area contributed by atoms with Gasteiger partial charge in [-0.3, -0.25) is 24.2 Å². The Morgan fingerprint density at radius 2 is 1.58 bits per heavy atom.